The van der Waals surface area contributed by atoms with Gasteiger partial charge in [-0.25, -0.2) is 4.98 Å². The summed E-state index contributed by atoms with van der Waals surface area (Å²) in [5.74, 6) is 0.258. The number of H-pyrrole nitrogens is 2. The van der Waals surface area contributed by atoms with Crippen LogP contribution in [0.5, 0.6) is 0 Å². The van der Waals surface area contributed by atoms with E-state index < -0.39 is 0 Å². The van der Waals surface area contributed by atoms with E-state index in [1.165, 1.54) is 16.8 Å². The number of hydrogen-bond acceptors (Lipinski definition) is 2. The zero-order valence-electron chi connectivity index (χ0n) is 13.1. The first-order valence-corrected chi connectivity index (χ1v) is 7.91. The Morgan fingerprint density at radius 3 is 2.55 bits per heavy atom. The fourth-order valence-corrected chi connectivity index (χ4v) is 3.05. The summed E-state index contributed by atoms with van der Waals surface area (Å²) in [6.45, 7) is 4.33. The normalized spacial score (nSPS) is 12.5. The van der Waals surface area contributed by atoms with Crippen LogP contribution in [0.2, 0.25) is 0 Å². The summed E-state index contributed by atoms with van der Waals surface area (Å²) in [6.07, 6.45) is 6.53. The van der Waals surface area contributed by atoms with Gasteiger partial charge in [-0.1, -0.05) is 44.2 Å². The van der Waals surface area contributed by atoms with Gasteiger partial charge >= 0.3 is 0 Å². The zero-order valence-corrected chi connectivity index (χ0v) is 13.1. The Hall–Kier alpha value is -2.36. The molecule has 0 spiro atoms. The van der Waals surface area contributed by atoms with Crippen molar-refractivity contribution in [3.8, 4) is 0 Å². The Kier molecular flexibility index (Phi) is 4.37. The minimum Gasteiger partial charge on any atom is -0.348 e. The summed E-state index contributed by atoms with van der Waals surface area (Å²) in [7, 11) is 0. The summed E-state index contributed by atoms with van der Waals surface area (Å²) in [5.41, 5.74) is 6.19. The van der Waals surface area contributed by atoms with Gasteiger partial charge in [0.1, 0.15) is 0 Å². The number of aromatic nitrogens is 4. The van der Waals surface area contributed by atoms with E-state index in [-0.39, 0.29) is 5.92 Å². The summed E-state index contributed by atoms with van der Waals surface area (Å²) >= 11 is 0. The molecule has 0 amide bonds. The van der Waals surface area contributed by atoms with Crippen molar-refractivity contribution in [2.24, 2.45) is 0 Å². The van der Waals surface area contributed by atoms with Crippen molar-refractivity contribution in [1.82, 2.24) is 20.2 Å². The number of aryl methyl sites for hydroxylation is 2. The molecule has 4 nitrogen and oxygen atoms in total. The molecule has 3 rings (SSSR count). The van der Waals surface area contributed by atoms with Crippen molar-refractivity contribution in [1.29, 1.82) is 0 Å². The molecule has 2 heterocycles. The Balaban J connectivity index is 2.04. The maximum atomic E-state index is 4.52. The van der Waals surface area contributed by atoms with Gasteiger partial charge in [-0.2, -0.15) is 5.10 Å². The van der Waals surface area contributed by atoms with E-state index in [1.54, 1.807) is 6.33 Å². The zero-order chi connectivity index (χ0) is 15.4. The third-order valence-corrected chi connectivity index (χ3v) is 4.18. The largest absolute Gasteiger partial charge is 0.348 e. The molecule has 0 aliphatic rings. The van der Waals surface area contributed by atoms with Gasteiger partial charge in [0.25, 0.3) is 0 Å². The van der Waals surface area contributed by atoms with E-state index in [9.17, 15) is 0 Å². The molecule has 0 saturated carbocycles. The number of aromatic amines is 2. The Morgan fingerprint density at radius 1 is 1.09 bits per heavy atom. The average molecular weight is 294 g/mol. The van der Waals surface area contributed by atoms with Crippen molar-refractivity contribution in [3.63, 3.8) is 0 Å². The minimum atomic E-state index is 0.258. The van der Waals surface area contributed by atoms with Gasteiger partial charge in [0.15, 0.2) is 0 Å². The summed E-state index contributed by atoms with van der Waals surface area (Å²) in [4.78, 5) is 7.52. The van der Waals surface area contributed by atoms with E-state index in [1.807, 2.05) is 6.20 Å². The SMILES string of the molecule is CCc1n[nH]c(CC)c1C(Cc1ccccc1)c1cnc[nH]1. The number of hydrogen-bond donors (Lipinski definition) is 2. The number of benzene rings is 1. The highest BCUT2D eigenvalue weighted by Crippen LogP contribution is 2.31. The van der Waals surface area contributed by atoms with Crippen LogP contribution in [0.3, 0.4) is 0 Å². The molecule has 0 aliphatic heterocycles. The standard InChI is InChI=1S/C18H22N4/c1-3-15-18(16(4-2)22-21-15)14(17-11-19-12-20-17)10-13-8-6-5-7-9-13/h5-9,11-12,14H,3-4,10H2,1-2H3,(H,19,20)(H,21,22). The van der Waals surface area contributed by atoms with Crippen molar-refractivity contribution < 1.29 is 0 Å². The van der Waals surface area contributed by atoms with Gasteiger partial charge in [-0.05, 0) is 24.8 Å². The second kappa shape index (κ2) is 6.60. The minimum absolute atomic E-state index is 0.258. The molecule has 2 N–H and O–H groups in total. The fourth-order valence-electron chi connectivity index (χ4n) is 3.05. The third-order valence-electron chi connectivity index (χ3n) is 4.18. The second-order valence-electron chi connectivity index (χ2n) is 5.52. The van der Waals surface area contributed by atoms with Gasteiger partial charge in [0.05, 0.1) is 12.0 Å². The van der Waals surface area contributed by atoms with Crippen LogP contribution in [0.25, 0.3) is 0 Å². The first kappa shape index (κ1) is 14.6. The lowest BCUT2D eigenvalue weighted by Gasteiger charge is -2.17. The number of nitrogens with zero attached hydrogens (tertiary/aromatic N) is 2. The molecule has 1 aromatic carbocycles. The highest BCUT2D eigenvalue weighted by molar-refractivity contribution is 5.37. The van der Waals surface area contributed by atoms with E-state index >= 15 is 0 Å². The van der Waals surface area contributed by atoms with E-state index in [4.69, 9.17) is 0 Å². The van der Waals surface area contributed by atoms with Crippen LogP contribution >= 0.6 is 0 Å². The number of rotatable bonds is 6. The van der Waals surface area contributed by atoms with E-state index in [2.05, 4.69) is 64.3 Å². The number of nitrogens with one attached hydrogen (secondary N) is 2. The van der Waals surface area contributed by atoms with Gasteiger partial charge < -0.3 is 4.98 Å². The van der Waals surface area contributed by atoms with Crippen LogP contribution in [0.4, 0.5) is 0 Å². The molecule has 0 bridgehead atoms. The van der Waals surface area contributed by atoms with Crippen molar-refractivity contribution >= 4 is 0 Å². The molecular formula is C18H22N4. The molecule has 0 fully saturated rings. The van der Waals surface area contributed by atoms with Gasteiger partial charge in [-0.3, -0.25) is 5.10 Å². The van der Waals surface area contributed by atoms with Crippen LogP contribution in [0.15, 0.2) is 42.9 Å². The van der Waals surface area contributed by atoms with Crippen LogP contribution in [0.1, 0.15) is 48.0 Å². The van der Waals surface area contributed by atoms with Crippen molar-refractivity contribution in [2.45, 2.75) is 39.0 Å². The maximum absolute atomic E-state index is 4.52. The van der Waals surface area contributed by atoms with Gasteiger partial charge in [0.2, 0.25) is 0 Å². The summed E-state index contributed by atoms with van der Waals surface area (Å²) in [6, 6.07) is 10.6. The molecule has 0 aliphatic carbocycles. The maximum Gasteiger partial charge on any atom is 0.0921 e. The lowest BCUT2D eigenvalue weighted by Crippen LogP contribution is -2.09. The van der Waals surface area contributed by atoms with E-state index in [0.717, 1.165) is 30.7 Å². The average Bonchev–Trinajstić information content (AvgIpc) is 3.22. The lowest BCUT2D eigenvalue weighted by atomic mass is 9.87. The molecule has 22 heavy (non-hydrogen) atoms. The molecule has 3 aromatic rings. The van der Waals surface area contributed by atoms with Crippen LogP contribution in [-0.4, -0.2) is 20.2 Å². The lowest BCUT2D eigenvalue weighted by molar-refractivity contribution is 0.757. The molecule has 1 atom stereocenters. The molecule has 114 valence electrons. The van der Waals surface area contributed by atoms with E-state index in [0.29, 0.717) is 0 Å². The molecule has 2 aromatic heterocycles. The predicted molar refractivity (Wildman–Crippen MR) is 87.9 cm³/mol. The summed E-state index contributed by atoms with van der Waals surface area (Å²) in [5, 5.41) is 7.74. The van der Waals surface area contributed by atoms with Gasteiger partial charge in [-0.15, -0.1) is 0 Å². The molecule has 4 heteroatoms. The van der Waals surface area contributed by atoms with Gasteiger partial charge in [0, 0.05) is 29.1 Å². The van der Waals surface area contributed by atoms with Crippen LogP contribution in [-0.2, 0) is 19.3 Å². The first-order valence-electron chi connectivity index (χ1n) is 7.91. The summed E-state index contributed by atoms with van der Waals surface area (Å²) < 4.78 is 0. The van der Waals surface area contributed by atoms with Crippen LogP contribution < -0.4 is 0 Å². The highest BCUT2D eigenvalue weighted by Gasteiger charge is 2.24. The third kappa shape index (κ3) is 2.82. The monoisotopic (exact) mass is 294 g/mol. The number of imidazole rings is 1. The highest BCUT2D eigenvalue weighted by atomic mass is 15.1. The predicted octanol–water partition coefficient (Wildman–Crippen LogP) is 3.63. The van der Waals surface area contributed by atoms with Crippen molar-refractivity contribution in [2.75, 3.05) is 0 Å². The first-order chi connectivity index (χ1) is 10.8. The topological polar surface area (TPSA) is 57.4 Å². The molecule has 0 saturated heterocycles. The molecule has 0 radical (unpaired) electrons. The smallest absolute Gasteiger partial charge is 0.0921 e. The molecule has 1 unspecified atom stereocenters. The quantitative estimate of drug-likeness (QED) is 0.729. The van der Waals surface area contributed by atoms with Crippen molar-refractivity contribution in [3.05, 3.63) is 71.1 Å². The Morgan fingerprint density at radius 2 is 1.91 bits per heavy atom. The fraction of sp³-hybridized carbons (Fsp3) is 0.333. The Bertz CT molecular complexity index is 677. The molecular weight excluding hydrogens is 272 g/mol. The Labute approximate surface area is 131 Å². The second-order valence-corrected chi connectivity index (χ2v) is 5.52. The van der Waals surface area contributed by atoms with Crippen LogP contribution in [0, 0.1) is 0 Å².